The molecule has 1 fully saturated rings. The van der Waals surface area contributed by atoms with Gasteiger partial charge in [-0.15, -0.1) is 0 Å². The largest absolute Gasteiger partial charge is 0.462 e. The lowest BCUT2D eigenvalue weighted by molar-refractivity contribution is -0.186. The summed E-state index contributed by atoms with van der Waals surface area (Å²) in [6.45, 7) is 6.37. The fourth-order valence-corrected chi connectivity index (χ4v) is 9.50. The minimum absolute atomic E-state index is 0.0423. The van der Waals surface area contributed by atoms with Crippen LogP contribution in [0.1, 0.15) is 223 Å². The molecule has 0 N–H and O–H groups in total. The minimum Gasteiger partial charge on any atom is -0.462 e. The van der Waals surface area contributed by atoms with E-state index < -0.39 is 30.7 Å². The third-order valence-electron chi connectivity index (χ3n) is 13.9. The lowest BCUT2D eigenvalue weighted by atomic mass is 10.0. The smallest absolute Gasteiger partial charge is 0.306 e. The molecular weight excluding hydrogens is 901 g/mol. The molecule has 1 saturated heterocycles. The van der Waals surface area contributed by atoms with Crippen LogP contribution < -0.4 is 0 Å². The van der Waals surface area contributed by atoms with Gasteiger partial charge < -0.3 is 33.2 Å². The third-order valence-corrected chi connectivity index (χ3v) is 13.9. The average Bonchev–Trinajstić information content (AvgIpc) is 3.74. The molecule has 4 rings (SSSR count). The van der Waals surface area contributed by atoms with Crippen LogP contribution in [-0.2, 0) is 62.6 Å². The van der Waals surface area contributed by atoms with Gasteiger partial charge in [-0.3, -0.25) is 9.59 Å². The van der Waals surface area contributed by atoms with E-state index in [9.17, 15) is 9.59 Å². The summed E-state index contributed by atoms with van der Waals surface area (Å²) >= 11 is 0. The Morgan fingerprint density at radius 1 is 0.458 bits per heavy atom. The maximum absolute atomic E-state index is 13.2. The van der Waals surface area contributed by atoms with Crippen LogP contribution in [0, 0.1) is 0 Å². The van der Waals surface area contributed by atoms with Crippen molar-refractivity contribution < 1.29 is 42.7 Å². The van der Waals surface area contributed by atoms with Crippen molar-refractivity contribution >= 4 is 11.9 Å². The molecule has 0 amide bonds. The SMILES string of the molecule is CCCCCCCCCCCCCCCC(=O)OCC(CCCO[C@H]1O[C@H](COCc2ccccc2)[C@@H](OCc2ccccc2)[C@@H]1OCc1ccccc1)OC(=O)CCCCCCCCCCCCCCC. The molecule has 0 radical (unpaired) electrons. The van der Waals surface area contributed by atoms with Gasteiger partial charge in [-0.25, -0.2) is 0 Å². The van der Waals surface area contributed by atoms with Crippen molar-refractivity contribution in [1.82, 2.24) is 0 Å². The van der Waals surface area contributed by atoms with Gasteiger partial charge in [-0.05, 0) is 42.4 Å². The van der Waals surface area contributed by atoms with E-state index in [1.54, 1.807) is 0 Å². The van der Waals surface area contributed by atoms with Crippen molar-refractivity contribution in [2.24, 2.45) is 0 Å². The molecule has 0 bridgehead atoms. The number of carbonyl (C=O) groups is 2. The van der Waals surface area contributed by atoms with Crippen LogP contribution >= 0.6 is 0 Å². The average molecular weight is 999 g/mol. The Kier molecular flexibility index (Phi) is 35.3. The lowest BCUT2D eigenvalue weighted by Crippen LogP contribution is -2.39. The fraction of sp³-hybridized carbons (Fsp3) is 0.683. The number of rotatable bonds is 46. The van der Waals surface area contributed by atoms with Gasteiger partial charge in [0.15, 0.2) is 6.29 Å². The van der Waals surface area contributed by atoms with E-state index in [1.165, 1.54) is 128 Å². The first-order valence-corrected chi connectivity index (χ1v) is 29.1. The van der Waals surface area contributed by atoms with Crippen LogP contribution in [0.4, 0.5) is 0 Å². The molecule has 404 valence electrons. The summed E-state index contributed by atoms with van der Waals surface area (Å²) in [5.74, 6) is -0.464. The topological polar surface area (TPSA) is 98.8 Å². The Hall–Kier alpha value is -3.60. The zero-order valence-corrected chi connectivity index (χ0v) is 45.2. The highest BCUT2D eigenvalue weighted by molar-refractivity contribution is 5.70. The predicted molar refractivity (Wildman–Crippen MR) is 291 cm³/mol. The number of ether oxygens (including phenoxy) is 7. The maximum Gasteiger partial charge on any atom is 0.306 e. The van der Waals surface area contributed by atoms with Gasteiger partial charge in [-0.1, -0.05) is 259 Å². The Morgan fingerprint density at radius 2 is 0.861 bits per heavy atom. The highest BCUT2D eigenvalue weighted by atomic mass is 16.7. The Balaban J connectivity index is 1.27. The summed E-state index contributed by atoms with van der Waals surface area (Å²) in [6.07, 6.45) is 31.5. The third kappa shape index (κ3) is 29.3. The lowest BCUT2D eigenvalue weighted by Gasteiger charge is -2.25. The molecule has 1 aliphatic heterocycles. The molecule has 5 atom stereocenters. The first-order valence-electron chi connectivity index (χ1n) is 29.1. The van der Waals surface area contributed by atoms with E-state index in [-0.39, 0.29) is 18.5 Å². The molecule has 9 heteroatoms. The van der Waals surface area contributed by atoms with Gasteiger partial charge in [0.05, 0.1) is 33.0 Å². The van der Waals surface area contributed by atoms with E-state index in [0.29, 0.717) is 58.7 Å². The second kappa shape index (κ2) is 41.7. The summed E-state index contributed by atoms with van der Waals surface area (Å²) in [5, 5.41) is 0. The number of unbranched alkanes of at least 4 members (excludes halogenated alkanes) is 24. The van der Waals surface area contributed by atoms with Crippen LogP contribution in [0.3, 0.4) is 0 Å². The molecule has 1 aliphatic rings. The van der Waals surface area contributed by atoms with Crippen LogP contribution in [0.2, 0.25) is 0 Å². The summed E-state index contributed by atoms with van der Waals surface area (Å²) in [4.78, 5) is 26.2. The van der Waals surface area contributed by atoms with Crippen molar-refractivity contribution in [3.05, 3.63) is 108 Å². The number of hydrogen-bond acceptors (Lipinski definition) is 9. The van der Waals surface area contributed by atoms with E-state index >= 15 is 0 Å². The Morgan fingerprint density at radius 3 is 1.32 bits per heavy atom. The highest BCUT2D eigenvalue weighted by Crippen LogP contribution is 2.30. The zero-order chi connectivity index (χ0) is 50.8. The number of hydrogen-bond donors (Lipinski definition) is 0. The fourth-order valence-electron chi connectivity index (χ4n) is 9.50. The number of carbonyl (C=O) groups excluding carboxylic acids is 2. The molecule has 1 heterocycles. The maximum atomic E-state index is 13.2. The second-order valence-corrected chi connectivity index (χ2v) is 20.4. The van der Waals surface area contributed by atoms with Crippen molar-refractivity contribution in [2.45, 2.75) is 257 Å². The first kappa shape index (κ1) is 61.0. The molecule has 9 nitrogen and oxygen atoms in total. The standard InChI is InChI=1S/C63H98O9/c1-3-5-7-9-11-13-15-17-19-21-23-25-36-46-59(64)68-52-57(71-60(65)47-37-26-24-22-20-18-16-14-12-10-8-6-4-2)45-38-48-67-63-62(70-51-56-43-34-29-35-44-56)61(69-50-55-41-32-28-33-42-55)58(72-63)53-66-49-54-39-30-27-31-40-54/h27-35,39-44,57-58,61-63H,3-26,36-38,45-53H2,1-2H3/t57?,58-,61-,62+,63+/m1/s1. The van der Waals surface area contributed by atoms with Crippen LogP contribution in [0.25, 0.3) is 0 Å². The molecule has 0 spiro atoms. The molecule has 0 saturated carbocycles. The van der Waals surface area contributed by atoms with Crippen molar-refractivity contribution in [1.29, 1.82) is 0 Å². The molecule has 72 heavy (non-hydrogen) atoms. The van der Waals surface area contributed by atoms with E-state index in [1.807, 2.05) is 91.0 Å². The summed E-state index contributed by atoms with van der Waals surface area (Å²) in [6, 6.07) is 30.3. The van der Waals surface area contributed by atoms with E-state index in [4.69, 9.17) is 33.2 Å². The van der Waals surface area contributed by atoms with Crippen LogP contribution in [0.5, 0.6) is 0 Å². The summed E-state index contributed by atoms with van der Waals surface area (Å²) in [5.41, 5.74) is 3.16. The summed E-state index contributed by atoms with van der Waals surface area (Å²) < 4.78 is 44.4. The normalized spacial score (nSPS) is 17.0. The van der Waals surface area contributed by atoms with Gasteiger partial charge in [0, 0.05) is 12.8 Å². The number of esters is 2. The van der Waals surface area contributed by atoms with Crippen molar-refractivity contribution in [3.8, 4) is 0 Å². The van der Waals surface area contributed by atoms with Gasteiger partial charge in [0.1, 0.15) is 31.0 Å². The second-order valence-electron chi connectivity index (χ2n) is 20.4. The molecule has 3 aromatic rings. The Labute approximate surface area is 437 Å². The predicted octanol–water partition coefficient (Wildman–Crippen LogP) is 16.3. The van der Waals surface area contributed by atoms with Crippen molar-refractivity contribution in [3.63, 3.8) is 0 Å². The molecule has 1 unspecified atom stereocenters. The van der Waals surface area contributed by atoms with Crippen molar-refractivity contribution in [2.75, 3.05) is 19.8 Å². The van der Waals surface area contributed by atoms with E-state index in [0.717, 1.165) is 55.2 Å². The molecule has 0 aliphatic carbocycles. The highest BCUT2D eigenvalue weighted by Gasteiger charge is 2.47. The Bertz CT molecular complexity index is 1710. The van der Waals surface area contributed by atoms with Gasteiger partial charge in [-0.2, -0.15) is 0 Å². The number of benzene rings is 3. The minimum atomic E-state index is -0.727. The monoisotopic (exact) mass is 999 g/mol. The molecule has 3 aromatic carbocycles. The van der Waals surface area contributed by atoms with E-state index in [2.05, 4.69) is 13.8 Å². The van der Waals surface area contributed by atoms with Gasteiger partial charge >= 0.3 is 11.9 Å². The van der Waals surface area contributed by atoms with Crippen LogP contribution in [0.15, 0.2) is 91.0 Å². The molecule has 0 aromatic heterocycles. The van der Waals surface area contributed by atoms with Crippen LogP contribution in [-0.4, -0.2) is 62.5 Å². The van der Waals surface area contributed by atoms with Gasteiger partial charge in [0.2, 0.25) is 0 Å². The zero-order valence-electron chi connectivity index (χ0n) is 45.2. The molecular formula is C63H98O9. The van der Waals surface area contributed by atoms with Gasteiger partial charge in [0.25, 0.3) is 0 Å². The summed E-state index contributed by atoms with van der Waals surface area (Å²) in [7, 11) is 0. The quantitative estimate of drug-likeness (QED) is 0.0405. The first-order chi connectivity index (χ1) is 35.6.